The summed E-state index contributed by atoms with van der Waals surface area (Å²) >= 11 is 0. The number of carbonyl (C=O) groups excluding carboxylic acids is 1. The maximum Gasteiger partial charge on any atom is 0.238 e. The Morgan fingerprint density at radius 1 is 1.17 bits per heavy atom. The summed E-state index contributed by atoms with van der Waals surface area (Å²) < 4.78 is 17.1. The molecule has 1 fully saturated rings. The summed E-state index contributed by atoms with van der Waals surface area (Å²) in [5, 5.41) is 6.08. The second-order valence-electron chi connectivity index (χ2n) is 7.40. The minimum Gasteiger partial charge on any atom is -0.491 e. The largest absolute Gasteiger partial charge is 0.491 e. The van der Waals surface area contributed by atoms with Gasteiger partial charge in [-0.1, -0.05) is 24.3 Å². The first kappa shape index (κ1) is 21.1. The molecule has 1 saturated heterocycles. The lowest BCUT2D eigenvalue weighted by Crippen LogP contribution is -2.28. The molecule has 6 heteroatoms. The lowest BCUT2D eigenvalue weighted by molar-refractivity contribution is -0.115. The monoisotopic (exact) mass is 398 g/mol. The number of amides is 1. The van der Waals surface area contributed by atoms with Crippen LogP contribution < -0.4 is 20.1 Å². The van der Waals surface area contributed by atoms with E-state index in [2.05, 4.69) is 10.6 Å². The molecule has 0 saturated carbocycles. The van der Waals surface area contributed by atoms with E-state index in [0.29, 0.717) is 24.6 Å². The number of nitrogens with one attached hydrogen (secondary N) is 2. The van der Waals surface area contributed by atoms with Crippen LogP contribution in [0.15, 0.2) is 48.5 Å². The van der Waals surface area contributed by atoms with Gasteiger partial charge in [-0.3, -0.25) is 4.79 Å². The third kappa shape index (κ3) is 7.07. The zero-order valence-electron chi connectivity index (χ0n) is 17.1. The van der Waals surface area contributed by atoms with Crippen LogP contribution in [0.3, 0.4) is 0 Å². The van der Waals surface area contributed by atoms with Crippen molar-refractivity contribution in [3.63, 3.8) is 0 Å². The minimum absolute atomic E-state index is 0.113. The van der Waals surface area contributed by atoms with Gasteiger partial charge in [0.2, 0.25) is 5.91 Å². The van der Waals surface area contributed by atoms with Crippen molar-refractivity contribution in [2.24, 2.45) is 0 Å². The van der Waals surface area contributed by atoms with Crippen LogP contribution in [0.25, 0.3) is 0 Å². The van der Waals surface area contributed by atoms with Crippen molar-refractivity contribution >= 4 is 11.6 Å². The van der Waals surface area contributed by atoms with Gasteiger partial charge in [0.15, 0.2) is 0 Å². The molecular weight excluding hydrogens is 368 g/mol. The molecule has 1 heterocycles. The van der Waals surface area contributed by atoms with Crippen LogP contribution >= 0.6 is 0 Å². The highest BCUT2D eigenvalue weighted by atomic mass is 16.5. The summed E-state index contributed by atoms with van der Waals surface area (Å²) in [4.78, 5) is 12.3. The summed E-state index contributed by atoms with van der Waals surface area (Å²) in [7, 11) is 0. The van der Waals surface area contributed by atoms with Crippen LogP contribution in [0.1, 0.15) is 32.3 Å². The Labute approximate surface area is 172 Å². The molecule has 0 bridgehead atoms. The van der Waals surface area contributed by atoms with E-state index in [9.17, 15) is 4.79 Å². The summed E-state index contributed by atoms with van der Waals surface area (Å²) in [6, 6.07) is 15.4. The van der Waals surface area contributed by atoms with Gasteiger partial charge in [0.1, 0.15) is 18.1 Å². The lowest BCUT2D eigenvalue weighted by atomic mass is 10.2. The molecular formula is C23H30N2O4. The molecule has 1 aliphatic heterocycles. The average Bonchev–Trinajstić information content (AvgIpc) is 3.22. The topological polar surface area (TPSA) is 68.8 Å². The van der Waals surface area contributed by atoms with E-state index in [1.54, 1.807) is 0 Å². The third-order valence-corrected chi connectivity index (χ3v) is 4.52. The van der Waals surface area contributed by atoms with Crippen molar-refractivity contribution in [2.75, 3.05) is 25.1 Å². The first-order chi connectivity index (χ1) is 14.1. The van der Waals surface area contributed by atoms with Crippen molar-refractivity contribution in [1.29, 1.82) is 0 Å². The van der Waals surface area contributed by atoms with Gasteiger partial charge in [-0.2, -0.15) is 0 Å². The number of benzene rings is 2. The Kier molecular flexibility index (Phi) is 7.90. The van der Waals surface area contributed by atoms with E-state index in [0.717, 1.165) is 30.8 Å². The Morgan fingerprint density at radius 3 is 2.69 bits per heavy atom. The second-order valence-corrected chi connectivity index (χ2v) is 7.40. The van der Waals surface area contributed by atoms with E-state index < -0.39 is 0 Å². The van der Waals surface area contributed by atoms with Gasteiger partial charge < -0.3 is 24.8 Å². The molecule has 1 aliphatic rings. The van der Waals surface area contributed by atoms with Crippen LogP contribution in [0.4, 0.5) is 5.69 Å². The average molecular weight is 399 g/mol. The van der Waals surface area contributed by atoms with Crippen molar-refractivity contribution < 1.29 is 19.0 Å². The summed E-state index contributed by atoms with van der Waals surface area (Å²) in [6.07, 6.45) is 2.38. The standard InChI is InChI=1S/C23H30N2O4/c1-17(2)29-19-11-9-18(10-12-19)14-24-15-23(26)25-21-7-3-4-8-22(21)28-16-20-6-5-13-27-20/h3-4,7-12,17,20,24H,5-6,13-16H2,1-2H3,(H,25,26). The number of hydrogen-bond acceptors (Lipinski definition) is 5. The van der Waals surface area contributed by atoms with E-state index in [-0.39, 0.29) is 24.7 Å². The van der Waals surface area contributed by atoms with Crippen molar-refractivity contribution in [1.82, 2.24) is 5.32 Å². The molecule has 0 aliphatic carbocycles. The Morgan fingerprint density at radius 2 is 1.97 bits per heavy atom. The van der Waals surface area contributed by atoms with Gasteiger partial charge in [-0.15, -0.1) is 0 Å². The molecule has 6 nitrogen and oxygen atoms in total. The van der Waals surface area contributed by atoms with Crippen LogP contribution in [-0.2, 0) is 16.1 Å². The normalized spacial score (nSPS) is 16.0. The van der Waals surface area contributed by atoms with Crippen molar-refractivity contribution in [3.05, 3.63) is 54.1 Å². The third-order valence-electron chi connectivity index (χ3n) is 4.52. The Balaban J connectivity index is 1.43. The first-order valence-corrected chi connectivity index (χ1v) is 10.2. The lowest BCUT2D eigenvalue weighted by Gasteiger charge is -2.15. The number of hydrogen-bond donors (Lipinski definition) is 2. The fourth-order valence-electron chi connectivity index (χ4n) is 3.13. The van der Waals surface area contributed by atoms with Crippen molar-refractivity contribution in [3.8, 4) is 11.5 Å². The number of anilines is 1. The highest BCUT2D eigenvalue weighted by Crippen LogP contribution is 2.25. The maximum atomic E-state index is 12.3. The number of rotatable bonds is 10. The zero-order valence-corrected chi connectivity index (χ0v) is 17.1. The van der Waals surface area contributed by atoms with Crippen molar-refractivity contribution in [2.45, 2.75) is 45.4 Å². The number of carbonyl (C=O) groups is 1. The highest BCUT2D eigenvalue weighted by molar-refractivity contribution is 5.93. The maximum absolute atomic E-state index is 12.3. The SMILES string of the molecule is CC(C)Oc1ccc(CNCC(=O)Nc2ccccc2OCC2CCCO2)cc1. The van der Waals surface area contributed by atoms with E-state index in [4.69, 9.17) is 14.2 Å². The second kappa shape index (κ2) is 10.8. The van der Waals surface area contributed by atoms with Gasteiger partial charge >= 0.3 is 0 Å². The fraction of sp³-hybridized carbons (Fsp3) is 0.435. The van der Waals surface area contributed by atoms with Crippen LogP contribution in [0.2, 0.25) is 0 Å². The van der Waals surface area contributed by atoms with Gasteiger partial charge in [0.05, 0.1) is 24.4 Å². The van der Waals surface area contributed by atoms with E-state index >= 15 is 0 Å². The molecule has 156 valence electrons. The van der Waals surface area contributed by atoms with Gasteiger partial charge in [0, 0.05) is 13.2 Å². The molecule has 1 amide bonds. The first-order valence-electron chi connectivity index (χ1n) is 10.2. The summed E-state index contributed by atoms with van der Waals surface area (Å²) in [5.74, 6) is 1.40. The summed E-state index contributed by atoms with van der Waals surface area (Å²) in [5.41, 5.74) is 1.77. The minimum atomic E-state index is -0.113. The predicted molar refractivity (Wildman–Crippen MR) is 113 cm³/mol. The van der Waals surface area contributed by atoms with E-state index in [1.165, 1.54) is 0 Å². The van der Waals surface area contributed by atoms with Crippen LogP contribution in [0.5, 0.6) is 11.5 Å². The molecule has 0 radical (unpaired) electrons. The molecule has 2 N–H and O–H groups in total. The molecule has 29 heavy (non-hydrogen) atoms. The molecule has 1 unspecified atom stereocenters. The number of para-hydroxylation sites is 2. The highest BCUT2D eigenvalue weighted by Gasteiger charge is 2.17. The quantitative estimate of drug-likeness (QED) is 0.638. The van der Waals surface area contributed by atoms with Crippen LogP contribution in [-0.4, -0.2) is 37.9 Å². The zero-order chi connectivity index (χ0) is 20.5. The molecule has 1 atom stereocenters. The molecule has 0 spiro atoms. The number of ether oxygens (including phenoxy) is 3. The smallest absolute Gasteiger partial charge is 0.238 e. The van der Waals surface area contributed by atoms with Gasteiger partial charge in [-0.05, 0) is 56.5 Å². The van der Waals surface area contributed by atoms with Gasteiger partial charge in [0.25, 0.3) is 0 Å². The van der Waals surface area contributed by atoms with Crippen LogP contribution in [0, 0.1) is 0 Å². The van der Waals surface area contributed by atoms with E-state index in [1.807, 2.05) is 62.4 Å². The Hall–Kier alpha value is -2.57. The molecule has 2 aromatic rings. The predicted octanol–water partition coefficient (Wildman–Crippen LogP) is 3.76. The van der Waals surface area contributed by atoms with Gasteiger partial charge in [-0.25, -0.2) is 0 Å². The molecule has 2 aromatic carbocycles. The molecule has 3 rings (SSSR count). The molecule has 0 aromatic heterocycles. The Bertz CT molecular complexity index is 771. The summed E-state index contributed by atoms with van der Waals surface area (Å²) in [6.45, 7) is 6.11. The fourth-order valence-corrected chi connectivity index (χ4v) is 3.13.